The molecule has 0 radical (unpaired) electrons. The molecule has 1 atom stereocenters. The van der Waals surface area contributed by atoms with Crippen molar-refractivity contribution in [2.24, 2.45) is 4.99 Å². The zero-order valence-corrected chi connectivity index (χ0v) is 26.5. The lowest BCUT2D eigenvalue weighted by molar-refractivity contribution is -0.117. The van der Waals surface area contributed by atoms with Gasteiger partial charge in [0.2, 0.25) is 11.9 Å². The van der Waals surface area contributed by atoms with Crippen LogP contribution in [0.1, 0.15) is 85.5 Å². The number of ether oxygens (including phenoxy) is 4. The highest BCUT2D eigenvalue weighted by molar-refractivity contribution is 6.10. The zero-order valence-electron chi connectivity index (χ0n) is 26.5. The van der Waals surface area contributed by atoms with E-state index in [1.807, 2.05) is 0 Å². The molecule has 0 aromatic heterocycles. The largest absolute Gasteiger partial charge is 0.465 e. The number of benzene rings is 1. The minimum absolute atomic E-state index is 0.0772. The Balaban J connectivity index is 2.52. The number of nitrogens with zero attached hydrogens (tertiary/aromatic N) is 2. The van der Waals surface area contributed by atoms with Crippen molar-refractivity contribution in [1.29, 1.82) is 0 Å². The van der Waals surface area contributed by atoms with Gasteiger partial charge in [-0.25, -0.2) is 19.2 Å². The second-order valence-electron chi connectivity index (χ2n) is 12.8. The van der Waals surface area contributed by atoms with E-state index in [2.05, 4.69) is 20.9 Å². The standard InChI is InChI=1S/C29H43N5O9/c1-27(2,3)41-24(37)30-16-18-12-14-21(35)34(18)20-13-11-17(22(36)40-10)15-19(20)31-23(32-25(38)42-28(4,5)6)33-26(39)43-29(7,8)9/h11,13,15,18H,12,14,16H2,1-10H3,(H,30,37)(H2,31,32,33,38,39). The van der Waals surface area contributed by atoms with E-state index in [0.29, 0.717) is 6.42 Å². The quantitative estimate of drug-likeness (QED) is 0.184. The number of amides is 4. The predicted octanol–water partition coefficient (Wildman–Crippen LogP) is 4.72. The van der Waals surface area contributed by atoms with Crippen LogP contribution < -0.4 is 20.9 Å². The molecule has 2 rings (SSSR count). The van der Waals surface area contributed by atoms with Crippen molar-refractivity contribution >= 4 is 47.5 Å². The van der Waals surface area contributed by atoms with E-state index in [9.17, 15) is 24.0 Å². The molecule has 1 aliphatic rings. The van der Waals surface area contributed by atoms with Crippen LogP contribution in [-0.2, 0) is 23.7 Å². The van der Waals surface area contributed by atoms with Crippen LogP contribution >= 0.6 is 0 Å². The number of aliphatic imine (C=N–C) groups is 1. The third-order valence-electron chi connectivity index (χ3n) is 5.35. The zero-order chi connectivity index (χ0) is 32.8. The van der Waals surface area contributed by atoms with Gasteiger partial charge in [0.25, 0.3) is 0 Å². The van der Waals surface area contributed by atoms with Crippen LogP contribution in [0.5, 0.6) is 0 Å². The lowest BCUT2D eigenvalue weighted by Crippen LogP contribution is -2.44. The first-order chi connectivity index (χ1) is 19.7. The first-order valence-corrected chi connectivity index (χ1v) is 13.8. The molecule has 238 valence electrons. The summed E-state index contributed by atoms with van der Waals surface area (Å²) in [5.41, 5.74) is -1.94. The van der Waals surface area contributed by atoms with Gasteiger partial charge < -0.3 is 34.5 Å². The summed E-state index contributed by atoms with van der Waals surface area (Å²) in [4.78, 5) is 68.4. The van der Waals surface area contributed by atoms with Crippen LogP contribution in [-0.4, -0.2) is 72.6 Å². The maximum absolute atomic E-state index is 13.1. The van der Waals surface area contributed by atoms with Crippen molar-refractivity contribution in [3.63, 3.8) is 0 Å². The van der Waals surface area contributed by atoms with E-state index >= 15 is 0 Å². The minimum atomic E-state index is -1.02. The fraction of sp³-hybridized carbons (Fsp3) is 0.586. The van der Waals surface area contributed by atoms with Crippen molar-refractivity contribution in [3.05, 3.63) is 23.8 Å². The highest BCUT2D eigenvalue weighted by Crippen LogP contribution is 2.34. The summed E-state index contributed by atoms with van der Waals surface area (Å²) in [5, 5.41) is 7.91. The van der Waals surface area contributed by atoms with Crippen molar-refractivity contribution in [2.75, 3.05) is 23.9 Å². The summed E-state index contributed by atoms with van der Waals surface area (Å²) < 4.78 is 20.7. The molecule has 1 heterocycles. The Kier molecular flexibility index (Phi) is 11.1. The molecule has 14 nitrogen and oxygen atoms in total. The SMILES string of the molecule is COC(=O)c1ccc(N2C(=O)CCC2CNC(=O)OC(C)(C)C)c(N/C(=N/C(=O)OC(C)(C)C)NC(=O)OC(C)(C)C)c1. The summed E-state index contributed by atoms with van der Waals surface area (Å²) in [6, 6.07) is 3.88. The molecule has 0 aliphatic carbocycles. The number of carbonyl (C=O) groups excluding carboxylic acids is 5. The fourth-order valence-electron chi connectivity index (χ4n) is 3.87. The number of nitrogens with one attached hydrogen (secondary N) is 3. The van der Waals surface area contributed by atoms with Crippen LogP contribution in [0.2, 0.25) is 0 Å². The Labute approximate surface area is 251 Å². The van der Waals surface area contributed by atoms with Crippen LogP contribution in [0.15, 0.2) is 23.2 Å². The molecule has 1 aliphatic heterocycles. The van der Waals surface area contributed by atoms with Crippen molar-refractivity contribution in [1.82, 2.24) is 10.6 Å². The van der Waals surface area contributed by atoms with E-state index in [4.69, 9.17) is 18.9 Å². The lowest BCUT2D eigenvalue weighted by atomic mass is 10.1. The Morgan fingerprint density at radius 2 is 1.49 bits per heavy atom. The lowest BCUT2D eigenvalue weighted by Gasteiger charge is -2.28. The molecule has 3 N–H and O–H groups in total. The van der Waals surface area contributed by atoms with E-state index in [-0.39, 0.29) is 41.8 Å². The molecule has 14 heteroatoms. The Hall–Kier alpha value is -4.36. The summed E-state index contributed by atoms with van der Waals surface area (Å²) in [7, 11) is 1.21. The smallest absolute Gasteiger partial charge is 0.437 e. The van der Waals surface area contributed by atoms with E-state index < -0.39 is 47.1 Å². The van der Waals surface area contributed by atoms with Crippen LogP contribution in [0.25, 0.3) is 0 Å². The van der Waals surface area contributed by atoms with Crippen LogP contribution in [0.3, 0.4) is 0 Å². The topological polar surface area (TPSA) is 174 Å². The molecule has 1 aromatic rings. The van der Waals surface area contributed by atoms with Gasteiger partial charge in [0.05, 0.1) is 30.1 Å². The number of carbonyl (C=O) groups is 5. The van der Waals surface area contributed by atoms with E-state index in [1.165, 1.54) is 30.2 Å². The number of hydrogen-bond donors (Lipinski definition) is 3. The highest BCUT2D eigenvalue weighted by atomic mass is 16.6. The van der Waals surface area contributed by atoms with Crippen LogP contribution in [0, 0.1) is 0 Å². The summed E-state index contributed by atoms with van der Waals surface area (Å²) >= 11 is 0. The molecule has 43 heavy (non-hydrogen) atoms. The molecule has 4 amide bonds. The van der Waals surface area contributed by atoms with Gasteiger partial charge in [-0.15, -0.1) is 4.99 Å². The average Bonchev–Trinajstić information content (AvgIpc) is 3.18. The predicted molar refractivity (Wildman–Crippen MR) is 159 cm³/mol. The van der Waals surface area contributed by atoms with Crippen molar-refractivity contribution < 1.29 is 42.9 Å². The van der Waals surface area contributed by atoms with Crippen LogP contribution in [0.4, 0.5) is 25.8 Å². The highest BCUT2D eigenvalue weighted by Gasteiger charge is 2.35. The van der Waals surface area contributed by atoms with Gasteiger partial charge >= 0.3 is 24.2 Å². The van der Waals surface area contributed by atoms with Gasteiger partial charge in [0.1, 0.15) is 16.8 Å². The molecule has 0 spiro atoms. The number of guanidine groups is 1. The number of hydrogen-bond acceptors (Lipinski definition) is 9. The number of rotatable bonds is 5. The van der Waals surface area contributed by atoms with Crippen molar-refractivity contribution in [3.8, 4) is 0 Å². The van der Waals surface area contributed by atoms with E-state index in [0.717, 1.165) is 0 Å². The van der Waals surface area contributed by atoms with Gasteiger partial charge in [-0.1, -0.05) is 0 Å². The molecule has 1 fully saturated rings. The van der Waals surface area contributed by atoms with Gasteiger partial charge in [0.15, 0.2) is 0 Å². The maximum Gasteiger partial charge on any atom is 0.437 e. The Morgan fingerprint density at radius 3 is 2.05 bits per heavy atom. The monoisotopic (exact) mass is 605 g/mol. The molecule has 1 aromatic carbocycles. The molecule has 0 saturated carbocycles. The molecule has 1 saturated heterocycles. The van der Waals surface area contributed by atoms with Crippen molar-refractivity contribution in [2.45, 2.75) is 98.0 Å². The normalized spacial score (nSPS) is 15.9. The van der Waals surface area contributed by atoms with Gasteiger partial charge in [0, 0.05) is 13.0 Å². The number of esters is 1. The first kappa shape index (κ1) is 34.8. The third-order valence-corrected chi connectivity index (χ3v) is 5.35. The summed E-state index contributed by atoms with van der Waals surface area (Å²) in [6.45, 7) is 15.2. The summed E-state index contributed by atoms with van der Waals surface area (Å²) in [5.74, 6) is -1.31. The Morgan fingerprint density at radius 1 is 0.907 bits per heavy atom. The van der Waals surface area contributed by atoms with Gasteiger partial charge in [-0.2, -0.15) is 0 Å². The third kappa shape index (κ3) is 11.8. The molecular weight excluding hydrogens is 562 g/mol. The second-order valence-corrected chi connectivity index (χ2v) is 12.8. The fourth-order valence-corrected chi connectivity index (χ4v) is 3.87. The summed E-state index contributed by atoms with van der Waals surface area (Å²) in [6.07, 6.45) is -1.98. The minimum Gasteiger partial charge on any atom is -0.465 e. The first-order valence-electron chi connectivity index (χ1n) is 13.8. The molecule has 0 bridgehead atoms. The number of alkyl carbamates (subject to hydrolysis) is 2. The second kappa shape index (κ2) is 13.7. The van der Waals surface area contributed by atoms with E-state index in [1.54, 1.807) is 62.3 Å². The van der Waals surface area contributed by atoms with Gasteiger partial charge in [-0.05, 0) is 86.9 Å². The van der Waals surface area contributed by atoms with Gasteiger partial charge in [-0.3, -0.25) is 10.1 Å². The Bertz CT molecular complexity index is 1260. The average molecular weight is 606 g/mol. The molecule has 1 unspecified atom stereocenters. The molecular formula is C29H43N5O9. The number of methoxy groups -OCH3 is 1. The maximum atomic E-state index is 13.1. The number of anilines is 2.